The standard InChI is InChI=1S/C22H22F5N7O/c1-32-5-3-16(22(26,27)10-32)29-21-30-20(35-2)19-17(14(25)9-34(19)31-21)12-7-13(24)18-15(8-12)33(6-4-23)11-28-18/h7-9,11,16H,3-6,10H2,1-2H3,(H,29,31)/i1D3. The number of halogens is 5. The maximum atomic E-state index is 15.2. The summed E-state index contributed by atoms with van der Waals surface area (Å²) in [6.07, 6.45) is 2.04. The first kappa shape index (κ1) is 19.8. The summed E-state index contributed by atoms with van der Waals surface area (Å²) in [6.45, 7) is -4.55. The van der Waals surface area contributed by atoms with Crippen molar-refractivity contribution in [1.29, 1.82) is 0 Å². The molecule has 35 heavy (non-hydrogen) atoms. The third kappa shape index (κ3) is 4.03. The minimum atomic E-state index is -3.43. The van der Waals surface area contributed by atoms with Crippen molar-refractivity contribution < 1.29 is 30.8 Å². The van der Waals surface area contributed by atoms with E-state index in [1.54, 1.807) is 0 Å². The van der Waals surface area contributed by atoms with Crippen LogP contribution in [0.2, 0.25) is 0 Å². The topological polar surface area (TPSA) is 72.5 Å². The monoisotopic (exact) mass is 498 g/mol. The van der Waals surface area contributed by atoms with Gasteiger partial charge >= 0.3 is 0 Å². The van der Waals surface area contributed by atoms with Crippen LogP contribution in [0.25, 0.3) is 27.7 Å². The number of hydrogen-bond acceptors (Lipinski definition) is 6. The molecule has 186 valence electrons. The third-order valence-electron chi connectivity index (χ3n) is 5.94. The molecule has 0 bridgehead atoms. The second-order valence-electron chi connectivity index (χ2n) is 8.21. The SMILES string of the molecule is [2H]C([2H])([2H])N1CCC(Nc2nc(OC)c3c(-c4cc(F)c5ncn(CCF)c5c4)c(F)cn3n2)C(F)(F)C1. The summed E-state index contributed by atoms with van der Waals surface area (Å²) >= 11 is 0. The predicted molar refractivity (Wildman–Crippen MR) is 119 cm³/mol. The molecule has 1 unspecified atom stereocenters. The van der Waals surface area contributed by atoms with Gasteiger partial charge in [-0.15, -0.1) is 5.10 Å². The first-order valence-corrected chi connectivity index (χ1v) is 10.7. The number of rotatable bonds is 6. The summed E-state index contributed by atoms with van der Waals surface area (Å²) in [5.74, 6) is -5.48. The number of alkyl halides is 3. The Labute approximate surface area is 200 Å². The number of ether oxygens (including phenoxy) is 1. The maximum Gasteiger partial charge on any atom is 0.280 e. The minimum absolute atomic E-state index is 0.00806. The molecular weight excluding hydrogens is 473 g/mol. The van der Waals surface area contributed by atoms with Crippen LogP contribution in [0, 0.1) is 11.6 Å². The Balaban J connectivity index is 1.53. The van der Waals surface area contributed by atoms with Crippen LogP contribution < -0.4 is 10.1 Å². The first-order valence-electron chi connectivity index (χ1n) is 12.2. The molecule has 1 atom stereocenters. The second-order valence-corrected chi connectivity index (χ2v) is 8.21. The summed E-state index contributed by atoms with van der Waals surface area (Å²) in [4.78, 5) is 8.78. The normalized spacial score (nSPS) is 20.1. The molecule has 0 radical (unpaired) electrons. The first-order chi connectivity index (χ1) is 17.9. The van der Waals surface area contributed by atoms with Gasteiger partial charge in [-0.25, -0.2) is 31.5 Å². The van der Waals surface area contributed by atoms with Crippen molar-refractivity contribution in [3.8, 4) is 17.0 Å². The number of methoxy groups -OCH3 is 1. The summed E-state index contributed by atoms with van der Waals surface area (Å²) < 4.78 is 102. The maximum absolute atomic E-state index is 15.2. The number of nitrogens with zero attached hydrogens (tertiary/aromatic N) is 6. The molecular formula is C22H22F5N7O. The van der Waals surface area contributed by atoms with Crippen LogP contribution in [0.4, 0.5) is 27.9 Å². The van der Waals surface area contributed by atoms with Gasteiger partial charge in [0, 0.05) is 10.7 Å². The molecule has 1 aromatic carbocycles. The van der Waals surface area contributed by atoms with Crippen LogP contribution in [0.1, 0.15) is 10.5 Å². The predicted octanol–water partition coefficient (Wildman–Crippen LogP) is 3.75. The molecule has 1 aliphatic rings. The van der Waals surface area contributed by atoms with E-state index in [1.807, 2.05) is 0 Å². The number of benzene rings is 1. The molecule has 1 fully saturated rings. The fourth-order valence-corrected chi connectivity index (χ4v) is 4.31. The number of hydrogen-bond donors (Lipinski definition) is 1. The molecule has 0 spiro atoms. The molecule has 3 aromatic heterocycles. The average molecular weight is 498 g/mol. The highest BCUT2D eigenvalue weighted by molar-refractivity contribution is 5.90. The van der Waals surface area contributed by atoms with E-state index in [9.17, 15) is 17.6 Å². The van der Waals surface area contributed by atoms with Crippen LogP contribution in [-0.2, 0) is 6.54 Å². The summed E-state index contributed by atoms with van der Waals surface area (Å²) in [7, 11) is 1.24. The highest BCUT2D eigenvalue weighted by Gasteiger charge is 2.44. The van der Waals surface area contributed by atoms with Crippen molar-refractivity contribution in [2.45, 2.75) is 24.9 Å². The van der Waals surface area contributed by atoms with Crippen molar-refractivity contribution in [1.82, 2.24) is 29.0 Å². The van der Waals surface area contributed by atoms with E-state index in [0.717, 1.165) is 21.7 Å². The van der Waals surface area contributed by atoms with E-state index in [-0.39, 0.29) is 59.0 Å². The number of nitrogens with one attached hydrogen (secondary N) is 1. The molecule has 1 N–H and O–H groups in total. The van der Waals surface area contributed by atoms with Gasteiger partial charge in [-0.1, -0.05) is 0 Å². The highest BCUT2D eigenvalue weighted by Crippen LogP contribution is 2.37. The molecule has 0 aliphatic carbocycles. The molecule has 1 saturated heterocycles. The van der Waals surface area contributed by atoms with Crippen LogP contribution in [-0.4, -0.2) is 74.9 Å². The van der Waals surface area contributed by atoms with Gasteiger partial charge in [0.2, 0.25) is 11.8 Å². The average Bonchev–Trinajstić information content (AvgIpc) is 3.39. The quantitative estimate of drug-likeness (QED) is 0.409. The summed E-state index contributed by atoms with van der Waals surface area (Å²) in [6, 6.07) is 1.03. The van der Waals surface area contributed by atoms with Crippen LogP contribution in [0.15, 0.2) is 24.7 Å². The molecule has 5 rings (SSSR count). The van der Waals surface area contributed by atoms with Crippen molar-refractivity contribution in [3.05, 3.63) is 36.3 Å². The zero-order valence-corrected chi connectivity index (χ0v) is 18.4. The van der Waals surface area contributed by atoms with Crippen LogP contribution >= 0.6 is 0 Å². The van der Waals surface area contributed by atoms with E-state index in [0.29, 0.717) is 0 Å². The Morgan fingerprint density at radius 3 is 2.83 bits per heavy atom. The highest BCUT2D eigenvalue weighted by atomic mass is 19.3. The van der Waals surface area contributed by atoms with Crippen molar-refractivity contribution >= 4 is 22.5 Å². The lowest BCUT2D eigenvalue weighted by Gasteiger charge is -2.36. The van der Waals surface area contributed by atoms with Crippen molar-refractivity contribution in [3.63, 3.8) is 0 Å². The Kier molecular flexibility index (Phi) is 4.88. The number of piperidine rings is 1. The lowest BCUT2D eigenvalue weighted by molar-refractivity contribution is -0.0675. The van der Waals surface area contributed by atoms with Gasteiger partial charge in [0.05, 0.1) is 49.8 Å². The van der Waals surface area contributed by atoms with Gasteiger partial charge in [-0.2, -0.15) is 4.98 Å². The van der Waals surface area contributed by atoms with Crippen molar-refractivity contribution in [2.24, 2.45) is 0 Å². The van der Waals surface area contributed by atoms with Gasteiger partial charge in [-0.3, -0.25) is 0 Å². The zero-order valence-electron chi connectivity index (χ0n) is 21.4. The number of likely N-dealkylation sites (tertiary alicyclic amines) is 1. The lowest BCUT2D eigenvalue weighted by atomic mass is 10.0. The Hall–Kier alpha value is -3.48. The number of aryl methyl sites for hydroxylation is 1. The van der Waals surface area contributed by atoms with E-state index in [1.165, 1.54) is 24.1 Å². The minimum Gasteiger partial charge on any atom is -0.479 e. The van der Waals surface area contributed by atoms with Gasteiger partial charge in [0.15, 0.2) is 11.6 Å². The van der Waals surface area contributed by atoms with Crippen molar-refractivity contribution in [2.75, 3.05) is 39.2 Å². The fraction of sp³-hybridized carbons (Fsp3) is 0.409. The number of imidazole rings is 1. The van der Waals surface area contributed by atoms with Gasteiger partial charge in [0.1, 0.15) is 17.7 Å². The van der Waals surface area contributed by atoms with E-state index < -0.39 is 43.8 Å². The molecule has 8 nitrogen and oxygen atoms in total. The number of anilines is 1. The smallest absolute Gasteiger partial charge is 0.280 e. The zero-order chi connectivity index (χ0) is 27.4. The van der Waals surface area contributed by atoms with E-state index in [4.69, 9.17) is 8.85 Å². The van der Waals surface area contributed by atoms with Gasteiger partial charge < -0.3 is 19.5 Å². The summed E-state index contributed by atoms with van der Waals surface area (Å²) in [5.41, 5.74) is 0.224. The van der Waals surface area contributed by atoms with E-state index in [2.05, 4.69) is 20.4 Å². The molecule has 0 saturated carbocycles. The van der Waals surface area contributed by atoms with Crippen LogP contribution in [0.5, 0.6) is 5.88 Å². The fourth-order valence-electron chi connectivity index (χ4n) is 4.31. The third-order valence-corrected chi connectivity index (χ3v) is 5.94. The Morgan fingerprint density at radius 2 is 2.11 bits per heavy atom. The summed E-state index contributed by atoms with van der Waals surface area (Å²) in [5, 5.41) is 6.61. The van der Waals surface area contributed by atoms with Crippen LogP contribution in [0.3, 0.4) is 0 Å². The second kappa shape index (κ2) is 8.63. The Bertz CT molecular complexity index is 1510. The van der Waals surface area contributed by atoms with E-state index >= 15 is 4.39 Å². The molecule has 1 aliphatic heterocycles. The lowest BCUT2D eigenvalue weighted by Crippen LogP contribution is -2.53. The largest absolute Gasteiger partial charge is 0.479 e. The number of aromatic nitrogens is 5. The molecule has 4 aromatic rings. The van der Waals surface area contributed by atoms with Gasteiger partial charge in [-0.05, 0) is 31.1 Å². The molecule has 13 heteroatoms. The molecule has 0 amide bonds. The Morgan fingerprint density at radius 1 is 1.29 bits per heavy atom. The van der Waals surface area contributed by atoms with Gasteiger partial charge in [0.25, 0.3) is 5.92 Å². The number of fused-ring (bicyclic) bond motifs is 2. The molecule has 4 heterocycles.